The molecule has 0 N–H and O–H groups in total. The number of rotatable bonds is 5. The van der Waals surface area contributed by atoms with Crippen molar-refractivity contribution in [1.82, 2.24) is 4.90 Å². The number of benzene rings is 2. The molecule has 1 atom stereocenters. The zero-order valence-corrected chi connectivity index (χ0v) is 14.2. The van der Waals surface area contributed by atoms with E-state index < -0.39 is 24.0 Å². The summed E-state index contributed by atoms with van der Waals surface area (Å²) in [4.78, 5) is 37.5. The number of ether oxygens (including phenoxy) is 2. The van der Waals surface area contributed by atoms with Crippen molar-refractivity contribution in [2.75, 3.05) is 0 Å². The number of carbonyl (C=O) groups is 3. The SMILES string of the molecule is O=C(OCc1ccccc1)[C@@H]1CCC(=O)N1C(=O)OCc1ccccc1. The lowest BCUT2D eigenvalue weighted by Crippen LogP contribution is -2.43. The molecule has 6 nitrogen and oxygen atoms in total. The average molecular weight is 353 g/mol. The largest absolute Gasteiger partial charge is 0.459 e. The zero-order chi connectivity index (χ0) is 18.4. The monoisotopic (exact) mass is 353 g/mol. The molecule has 1 fully saturated rings. The van der Waals surface area contributed by atoms with Gasteiger partial charge in [-0.1, -0.05) is 60.7 Å². The molecular formula is C20H19NO5. The second-order valence-electron chi connectivity index (χ2n) is 5.95. The van der Waals surface area contributed by atoms with Gasteiger partial charge in [0.25, 0.3) is 0 Å². The highest BCUT2D eigenvalue weighted by molar-refractivity contribution is 5.99. The highest BCUT2D eigenvalue weighted by Crippen LogP contribution is 2.22. The van der Waals surface area contributed by atoms with E-state index in [4.69, 9.17) is 9.47 Å². The number of carbonyl (C=O) groups excluding carboxylic acids is 3. The van der Waals surface area contributed by atoms with Crippen LogP contribution in [0.4, 0.5) is 4.79 Å². The molecule has 1 heterocycles. The van der Waals surface area contributed by atoms with Crippen LogP contribution in [0.5, 0.6) is 0 Å². The Morgan fingerprint density at radius 3 is 2.00 bits per heavy atom. The van der Waals surface area contributed by atoms with Gasteiger partial charge in [-0.2, -0.15) is 0 Å². The minimum Gasteiger partial charge on any atom is -0.459 e. The lowest BCUT2D eigenvalue weighted by Gasteiger charge is -2.21. The van der Waals surface area contributed by atoms with Crippen LogP contribution in [0.25, 0.3) is 0 Å². The fourth-order valence-electron chi connectivity index (χ4n) is 2.75. The summed E-state index contributed by atoms with van der Waals surface area (Å²) < 4.78 is 10.4. The maximum atomic E-state index is 12.3. The molecule has 134 valence electrons. The maximum absolute atomic E-state index is 12.3. The molecule has 2 aromatic rings. The molecule has 0 radical (unpaired) electrons. The number of amides is 2. The fraction of sp³-hybridized carbons (Fsp3) is 0.250. The van der Waals surface area contributed by atoms with Gasteiger partial charge in [-0.15, -0.1) is 0 Å². The van der Waals surface area contributed by atoms with Crippen LogP contribution in [-0.2, 0) is 32.3 Å². The highest BCUT2D eigenvalue weighted by Gasteiger charge is 2.42. The molecule has 0 aromatic heterocycles. The third kappa shape index (κ3) is 4.27. The van der Waals surface area contributed by atoms with Crippen LogP contribution in [0, 0.1) is 0 Å². The predicted molar refractivity (Wildman–Crippen MR) is 92.7 cm³/mol. The first-order chi connectivity index (χ1) is 12.6. The lowest BCUT2D eigenvalue weighted by atomic mass is 10.2. The van der Waals surface area contributed by atoms with Crippen LogP contribution in [0.2, 0.25) is 0 Å². The van der Waals surface area contributed by atoms with Crippen molar-refractivity contribution in [2.45, 2.75) is 32.1 Å². The van der Waals surface area contributed by atoms with E-state index in [0.29, 0.717) is 0 Å². The van der Waals surface area contributed by atoms with Gasteiger partial charge in [-0.05, 0) is 17.5 Å². The number of nitrogens with zero attached hydrogens (tertiary/aromatic N) is 1. The van der Waals surface area contributed by atoms with Crippen LogP contribution in [0.15, 0.2) is 60.7 Å². The van der Waals surface area contributed by atoms with E-state index in [-0.39, 0.29) is 26.1 Å². The number of hydrogen-bond donors (Lipinski definition) is 0. The maximum Gasteiger partial charge on any atom is 0.417 e. The molecule has 6 heteroatoms. The number of imide groups is 1. The summed E-state index contributed by atoms with van der Waals surface area (Å²) in [5.74, 6) is -1.03. The summed E-state index contributed by atoms with van der Waals surface area (Å²) in [5.41, 5.74) is 1.64. The molecule has 0 unspecified atom stereocenters. The van der Waals surface area contributed by atoms with E-state index in [1.807, 2.05) is 60.7 Å². The normalized spacial score (nSPS) is 16.4. The van der Waals surface area contributed by atoms with E-state index in [0.717, 1.165) is 16.0 Å². The number of likely N-dealkylation sites (tertiary alicyclic amines) is 1. The molecule has 2 aromatic carbocycles. The zero-order valence-electron chi connectivity index (χ0n) is 14.2. The van der Waals surface area contributed by atoms with Gasteiger partial charge in [-0.25, -0.2) is 14.5 Å². The average Bonchev–Trinajstić information content (AvgIpc) is 3.07. The number of hydrogen-bond acceptors (Lipinski definition) is 5. The molecule has 0 spiro atoms. The van der Waals surface area contributed by atoms with E-state index in [9.17, 15) is 14.4 Å². The molecule has 1 aliphatic heterocycles. The third-order valence-electron chi connectivity index (χ3n) is 4.11. The Labute approximate surface area is 151 Å². The molecular weight excluding hydrogens is 334 g/mol. The highest BCUT2D eigenvalue weighted by atomic mass is 16.6. The van der Waals surface area contributed by atoms with Gasteiger partial charge in [0, 0.05) is 6.42 Å². The summed E-state index contributed by atoms with van der Waals surface area (Å²) in [5, 5.41) is 0. The predicted octanol–water partition coefficient (Wildman–Crippen LogP) is 3.06. The van der Waals surface area contributed by atoms with Crippen LogP contribution < -0.4 is 0 Å². The Kier molecular flexibility index (Phi) is 5.63. The van der Waals surface area contributed by atoms with Gasteiger partial charge >= 0.3 is 12.1 Å². The Bertz CT molecular complexity index is 775. The quantitative estimate of drug-likeness (QED) is 0.773. The minimum atomic E-state index is -0.936. The second kappa shape index (κ2) is 8.29. The van der Waals surface area contributed by atoms with E-state index in [1.165, 1.54) is 0 Å². The minimum absolute atomic E-state index is 0.0369. The Balaban J connectivity index is 1.58. The summed E-state index contributed by atoms with van der Waals surface area (Å²) in [6, 6.07) is 17.4. The fourth-order valence-corrected chi connectivity index (χ4v) is 2.75. The van der Waals surface area contributed by atoms with Crippen molar-refractivity contribution < 1.29 is 23.9 Å². The summed E-state index contributed by atoms with van der Waals surface area (Å²) in [6.45, 7) is 0.131. The molecule has 1 aliphatic rings. The van der Waals surface area contributed by atoms with Gasteiger partial charge in [0.15, 0.2) is 0 Å². The first-order valence-electron chi connectivity index (χ1n) is 8.38. The van der Waals surface area contributed by atoms with Crippen LogP contribution in [0.3, 0.4) is 0 Å². The Morgan fingerprint density at radius 1 is 0.885 bits per heavy atom. The molecule has 0 aliphatic carbocycles. The van der Waals surface area contributed by atoms with Crippen molar-refractivity contribution in [3.8, 4) is 0 Å². The van der Waals surface area contributed by atoms with Crippen molar-refractivity contribution >= 4 is 18.0 Å². The molecule has 1 saturated heterocycles. The third-order valence-corrected chi connectivity index (χ3v) is 4.11. The van der Waals surface area contributed by atoms with Crippen molar-refractivity contribution in [1.29, 1.82) is 0 Å². The van der Waals surface area contributed by atoms with Gasteiger partial charge in [0.1, 0.15) is 19.3 Å². The number of esters is 1. The van der Waals surface area contributed by atoms with Gasteiger partial charge < -0.3 is 9.47 Å². The van der Waals surface area contributed by atoms with Crippen molar-refractivity contribution in [3.05, 3.63) is 71.8 Å². The standard InChI is InChI=1S/C20H19NO5/c22-18-12-11-17(19(23)25-13-15-7-3-1-4-8-15)21(18)20(24)26-14-16-9-5-2-6-10-16/h1-10,17H,11-14H2/t17-/m0/s1. The summed E-state index contributed by atoms with van der Waals surface area (Å²) in [6.07, 6.45) is -0.462. The summed E-state index contributed by atoms with van der Waals surface area (Å²) >= 11 is 0. The Hall–Kier alpha value is -3.15. The van der Waals surface area contributed by atoms with Crippen molar-refractivity contribution in [3.63, 3.8) is 0 Å². The molecule has 26 heavy (non-hydrogen) atoms. The lowest BCUT2D eigenvalue weighted by molar-refractivity contribution is -0.152. The topological polar surface area (TPSA) is 72.9 Å². The first-order valence-corrected chi connectivity index (χ1v) is 8.38. The molecule has 3 rings (SSSR count). The molecule has 0 bridgehead atoms. The first kappa shape index (κ1) is 17.7. The van der Waals surface area contributed by atoms with Gasteiger partial charge in [-0.3, -0.25) is 4.79 Å². The van der Waals surface area contributed by atoms with Gasteiger partial charge in [0.05, 0.1) is 0 Å². The van der Waals surface area contributed by atoms with E-state index in [1.54, 1.807) is 0 Å². The molecule has 0 saturated carbocycles. The van der Waals surface area contributed by atoms with Gasteiger partial charge in [0.2, 0.25) is 5.91 Å². The van der Waals surface area contributed by atoms with Crippen LogP contribution in [-0.4, -0.2) is 28.9 Å². The second-order valence-corrected chi connectivity index (χ2v) is 5.95. The van der Waals surface area contributed by atoms with E-state index in [2.05, 4.69) is 0 Å². The summed E-state index contributed by atoms with van der Waals surface area (Å²) in [7, 11) is 0. The smallest absolute Gasteiger partial charge is 0.417 e. The molecule has 2 amide bonds. The Morgan fingerprint density at radius 2 is 1.42 bits per heavy atom. The van der Waals surface area contributed by atoms with Crippen LogP contribution >= 0.6 is 0 Å². The van der Waals surface area contributed by atoms with Crippen LogP contribution in [0.1, 0.15) is 24.0 Å². The van der Waals surface area contributed by atoms with Crippen molar-refractivity contribution in [2.24, 2.45) is 0 Å². The van der Waals surface area contributed by atoms with E-state index >= 15 is 0 Å².